The molecule has 0 saturated heterocycles. The van der Waals surface area contributed by atoms with Crippen LogP contribution in [0.1, 0.15) is 108 Å². The fourth-order valence-electron chi connectivity index (χ4n) is 4.38. The summed E-state index contributed by atoms with van der Waals surface area (Å²) in [6.45, 7) is 5.88. The van der Waals surface area contributed by atoms with E-state index in [9.17, 15) is 14.7 Å². The molecule has 1 N–H and O–H groups in total. The Hall–Kier alpha value is -1.94. The maximum Gasteiger partial charge on any atom is 0.306 e. The Kier molecular flexibility index (Phi) is 11.0. The summed E-state index contributed by atoms with van der Waals surface area (Å²) >= 11 is 0. The summed E-state index contributed by atoms with van der Waals surface area (Å²) in [7, 11) is 0. The quantitative estimate of drug-likeness (QED) is 0.223. The lowest BCUT2D eigenvalue weighted by Gasteiger charge is -2.18. The number of unbranched alkanes of at least 4 members (excludes halogenated alkanes) is 3. The first-order valence-corrected chi connectivity index (χ1v) is 12.1. The molecule has 0 radical (unpaired) electrons. The number of carbonyl (C=O) groups is 2. The van der Waals surface area contributed by atoms with Gasteiger partial charge < -0.3 is 9.84 Å². The molecule has 1 aromatic carbocycles. The monoisotopic (exact) mass is 428 g/mol. The molecular weight excluding hydrogens is 388 g/mol. The summed E-state index contributed by atoms with van der Waals surface area (Å²) in [6, 6.07) is 8.04. The molecule has 1 saturated carbocycles. The van der Waals surface area contributed by atoms with Crippen molar-refractivity contribution in [1.29, 1.82) is 0 Å². The lowest BCUT2D eigenvalue weighted by atomic mass is 9.85. The first kappa shape index (κ1) is 25.3. The SMILES string of the molecule is CCCCCC(O)c1ccc([C@H]2C(=O)CC[C@@H]2CC=CCCCC(=O)OC(C)C)cc1. The fourth-order valence-corrected chi connectivity index (χ4v) is 4.38. The number of hydrogen-bond acceptors (Lipinski definition) is 4. The number of carbonyl (C=O) groups excluding carboxylic acids is 2. The second-order valence-electron chi connectivity index (χ2n) is 9.06. The molecule has 0 bridgehead atoms. The molecule has 0 aromatic heterocycles. The molecule has 1 aliphatic rings. The van der Waals surface area contributed by atoms with Gasteiger partial charge in [-0.1, -0.05) is 62.6 Å². The second kappa shape index (κ2) is 13.5. The van der Waals surface area contributed by atoms with Crippen molar-refractivity contribution in [3.63, 3.8) is 0 Å². The number of Topliss-reactive ketones (excluding diaryl/α,β-unsaturated/α-hetero) is 1. The van der Waals surface area contributed by atoms with Gasteiger partial charge in [0.1, 0.15) is 5.78 Å². The molecule has 0 amide bonds. The van der Waals surface area contributed by atoms with Crippen LogP contribution in [-0.2, 0) is 14.3 Å². The third-order valence-electron chi connectivity index (χ3n) is 6.07. The smallest absolute Gasteiger partial charge is 0.306 e. The average Bonchev–Trinajstić information content (AvgIpc) is 3.10. The standard InChI is InChI=1S/C27H40O4/c1-4-5-8-12-24(28)21-14-16-23(17-15-21)27-22(18-19-25(27)29)11-9-6-7-10-13-26(30)31-20(2)3/h6,9,14-17,20,22,24,27-28H,4-5,7-8,10-13,18-19H2,1-3H3/t22-,24?,27-/m0/s1. The number of ether oxygens (including phenoxy) is 1. The molecule has 4 nitrogen and oxygen atoms in total. The predicted octanol–water partition coefficient (Wildman–Crippen LogP) is 6.43. The van der Waals surface area contributed by atoms with Crippen LogP contribution in [0.25, 0.3) is 0 Å². The second-order valence-corrected chi connectivity index (χ2v) is 9.06. The van der Waals surface area contributed by atoms with Gasteiger partial charge in [-0.3, -0.25) is 9.59 Å². The molecule has 1 fully saturated rings. The number of allylic oxidation sites excluding steroid dienone is 2. The fraction of sp³-hybridized carbons (Fsp3) is 0.630. The summed E-state index contributed by atoms with van der Waals surface area (Å²) in [5, 5.41) is 10.4. The number of rotatable bonds is 13. The van der Waals surface area contributed by atoms with E-state index >= 15 is 0 Å². The lowest BCUT2D eigenvalue weighted by molar-refractivity contribution is -0.147. The van der Waals surface area contributed by atoms with E-state index in [1.165, 1.54) is 0 Å². The Bertz CT molecular complexity index is 704. The maximum absolute atomic E-state index is 12.6. The van der Waals surface area contributed by atoms with E-state index in [0.29, 0.717) is 24.5 Å². The van der Waals surface area contributed by atoms with Gasteiger partial charge in [0.05, 0.1) is 12.2 Å². The van der Waals surface area contributed by atoms with E-state index in [2.05, 4.69) is 19.1 Å². The Morgan fingerprint density at radius 3 is 2.58 bits per heavy atom. The maximum atomic E-state index is 12.6. The van der Waals surface area contributed by atoms with Crippen LogP contribution in [0.15, 0.2) is 36.4 Å². The molecule has 1 unspecified atom stereocenters. The van der Waals surface area contributed by atoms with Crippen molar-refractivity contribution in [2.45, 2.75) is 103 Å². The topological polar surface area (TPSA) is 63.6 Å². The number of benzene rings is 1. The van der Waals surface area contributed by atoms with Crippen molar-refractivity contribution in [1.82, 2.24) is 0 Å². The highest BCUT2D eigenvalue weighted by Gasteiger charge is 2.34. The Morgan fingerprint density at radius 1 is 1.16 bits per heavy atom. The van der Waals surface area contributed by atoms with Crippen LogP contribution in [-0.4, -0.2) is 23.0 Å². The van der Waals surface area contributed by atoms with Gasteiger partial charge in [0.2, 0.25) is 0 Å². The van der Waals surface area contributed by atoms with Gasteiger partial charge >= 0.3 is 5.97 Å². The summed E-state index contributed by atoms with van der Waals surface area (Å²) in [6.07, 6.45) is 12.5. The Balaban J connectivity index is 1.83. The van der Waals surface area contributed by atoms with Gasteiger partial charge in [-0.25, -0.2) is 0 Å². The number of ketones is 1. The molecule has 0 aliphatic heterocycles. The number of hydrogen-bond donors (Lipinski definition) is 1. The minimum absolute atomic E-state index is 0.0445. The highest BCUT2D eigenvalue weighted by atomic mass is 16.5. The van der Waals surface area contributed by atoms with Crippen LogP contribution >= 0.6 is 0 Å². The van der Waals surface area contributed by atoms with E-state index in [1.54, 1.807) is 0 Å². The molecule has 1 aliphatic carbocycles. The third kappa shape index (κ3) is 8.60. The van der Waals surface area contributed by atoms with E-state index in [4.69, 9.17) is 4.74 Å². The zero-order valence-corrected chi connectivity index (χ0v) is 19.5. The van der Waals surface area contributed by atoms with Crippen LogP contribution in [0.4, 0.5) is 0 Å². The van der Waals surface area contributed by atoms with Crippen LogP contribution < -0.4 is 0 Å². The van der Waals surface area contributed by atoms with E-state index in [0.717, 1.165) is 62.5 Å². The van der Waals surface area contributed by atoms with Gasteiger partial charge in [0, 0.05) is 18.8 Å². The molecule has 4 heteroatoms. The molecule has 0 spiro atoms. The van der Waals surface area contributed by atoms with Crippen molar-refractivity contribution in [3.8, 4) is 0 Å². The number of aliphatic hydroxyl groups excluding tert-OH is 1. The summed E-state index contributed by atoms with van der Waals surface area (Å²) in [4.78, 5) is 24.1. The summed E-state index contributed by atoms with van der Waals surface area (Å²) in [5.41, 5.74) is 2.01. The predicted molar refractivity (Wildman–Crippen MR) is 125 cm³/mol. The molecule has 172 valence electrons. The van der Waals surface area contributed by atoms with Crippen molar-refractivity contribution < 1.29 is 19.4 Å². The molecule has 31 heavy (non-hydrogen) atoms. The van der Waals surface area contributed by atoms with Gasteiger partial charge in [-0.2, -0.15) is 0 Å². The lowest BCUT2D eigenvalue weighted by Crippen LogP contribution is -2.12. The normalized spacial score (nSPS) is 20.0. The molecule has 3 atom stereocenters. The Morgan fingerprint density at radius 2 is 1.90 bits per heavy atom. The molecule has 2 rings (SSSR count). The van der Waals surface area contributed by atoms with Crippen molar-refractivity contribution >= 4 is 11.8 Å². The Labute approximate surface area is 188 Å². The van der Waals surface area contributed by atoms with Crippen LogP contribution in [0, 0.1) is 5.92 Å². The minimum atomic E-state index is -0.420. The summed E-state index contributed by atoms with van der Waals surface area (Å²) < 4.78 is 5.14. The van der Waals surface area contributed by atoms with E-state index in [-0.39, 0.29) is 18.0 Å². The highest BCUT2D eigenvalue weighted by Crippen LogP contribution is 2.39. The van der Waals surface area contributed by atoms with Gasteiger partial charge in [0.25, 0.3) is 0 Å². The van der Waals surface area contributed by atoms with Crippen LogP contribution in [0.3, 0.4) is 0 Å². The molecule has 1 aromatic rings. The highest BCUT2D eigenvalue weighted by molar-refractivity contribution is 5.88. The van der Waals surface area contributed by atoms with E-state index < -0.39 is 6.10 Å². The minimum Gasteiger partial charge on any atom is -0.463 e. The first-order chi connectivity index (χ1) is 14.9. The van der Waals surface area contributed by atoms with Gasteiger partial charge in [0.15, 0.2) is 0 Å². The van der Waals surface area contributed by atoms with Crippen molar-refractivity contribution in [2.24, 2.45) is 5.92 Å². The number of esters is 1. The zero-order chi connectivity index (χ0) is 22.6. The summed E-state index contributed by atoms with van der Waals surface area (Å²) in [5.74, 6) is 0.474. The van der Waals surface area contributed by atoms with Crippen molar-refractivity contribution in [2.75, 3.05) is 0 Å². The van der Waals surface area contributed by atoms with Crippen LogP contribution in [0.2, 0.25) is 0 Å². The number of aliphatic hydroxyl groups is 1. The molecular formula is C27H40O4. The van der Waals surface area contributed by atoms with Crippen LogP contribution in [0.5, 0.6) is 0 Å². The van der Waals surface area contributed by atoms with Gasteiger partial charge in [-0.05, 0) is 63.0 Å². The van der Waals surface area contributed by atoms with E-state index in [1.807, 2.05) is 38.1 Å². The zero-order valence-electron chi connectivity index (χ0n) is 19.5. The largest absolute Gasteiger partial charge is 0.463 e. The average molecular weight is 429 g/mol. The molecule has 0 heterocycles. The first-order valence-electron chi connectivity index (χ1n) is 12.1. The van der Waals surface area contributed by atoms with Gasteiger partial charge in [-0.15, -0.1) is 0 Å². The third-order valence-corrected chi connectivity index (χ3v) is 6.07. The van der Waals surface area contributed by atoms with Crippen molar-refractivity contribution in [3.05, 3.63) is 47.5 Å².